The quantitative estimate of drug-likeness (QED) is 0.663. The van der Waals surface area contributed by atoms with Gasteiger partial charge < -0.3 is 21.7 Å². The van der Waals surface area contributed by atoms with Crippen molar-refractivity contribution in [2.75, 3.05) is 16.0 Å². The second kappa shape index (κ2) is 7.26. The molecule has 7 nitrogen and oxygen atoms in total. The van der Waals surface area contributed by atoms with Gasteiger partial charge in [0.25, 0.3) is 5.91 Å². The highest BCUT2D eigenvalue weighted by Crippen LogP contribution is 2.38. The minimum absolute atomic E-state index is 0.00685. The lowest BCUT2D eigenvalue weighted by Crippen LogP contribution is -2.19. The molecule has 7 heteroatoms. The Labute approximate surface area is 151 Å². The van der Waals surface area contributed by atoms with Crippen molar-refractivity contribution >= 4 is 34.9 Å². The molecular weight excluding hydrogens is 332 g/mol. The van der Waals surface area contributed by atoms with E-state index in [1.54, 1.807) is 48.5 Å². The monoisotopic (exact) mass is 352 g/mol. The Morgan fingerprint density at radius 1 is 0.923 bits per heavy atom. The Hall–Kier alpha value is -3.35. The topological polar surface area (TPSA) is 113 Å². The van der Waals surface area contributed by atoms with Crippen LogP contribution < -0.4 is 21.7 Å². The summed E-state index contributed by atoms with van der Waals surface area (Å²) in [4.78, 5) is 35.2. The van der Waals surface area contributed by atoms with Crippen LogP contribution in [0.5, 0.6) is 0 Å². The van der Waals surface area contributed by atoms with Crippen molar-refractivity contribution in [3.8, 4) is 0 Å². The summed E-state index contributed by atoms with van der Waals surface area (Å²) in [6.07, 6.45) is 0.909. The van der Waals surface area contributed by atoms with Crippen LogP contribution in [0.2, 0.25) is 0 Å². The van der Waals surface area contributed by atoms with Crippen LogP contribution in [-0.4, -0.2) is 17.8 Å². The molecule has 4 amide bonds. The number of urea groups is 1. The summed E-state index contributed by atoms with van der Waals surface area (Å²) < 4.78 is 0. The number of primary amides is 1. The van der Waals surface area contributed by atoms with Crippen LogP contribution in [0, 0.1) is 11.8 Å². The maximum atomic E-state index is 12.4. The van der Waals surface area contributed by atoms with Crippen LogP contribution in [-0.2, 0) is 4.79 Å². The standard InChI is InChI=1S/C19H20N4O3/c1-11-9-16(11)18(25)22-15-4-2-3-12(10-15)17(24)21-13-5-7-14(8-6-13)23-19(20)26/h2-8,10-11,16H,9H2,1H3,(H,21,24)(H,22,25)(H3,20,23,26)/t11-,16-/m1/s1. The van der Waals surface area contributed by atoms with E-state index < -0.39 is 6.03 Å². The predicted molar refractivity (Wildman–Crippen MR) is 99.9 cm³/mol. The second-order valence-corrected chi connectivity index (χ2v) is 6.41. The molecule has 1 saturated carbocycles. The summed E-state index contributed by atoms with van der Waals surface area (Å²) in [6, 6.07) is 12.7. The third-order valence-electron chi connectivity index (χ3n) is 4.25. The van der Waals surface area contributed by atoms with Gasteiger partial charge in [-0.2, -0.15) is 0 Å². The fourth-order valence-electron chi connectivity index (χ4n) is 2.64. The number of carbonyl (C=O) groups excluding carboxylic acids is 3. The fraction of sp³-hybridized carbons (Fsp3) is 0.211. The first-order chi connectivity index (χ1) is 12.4. The lowest BCUT2D eigenvalue weighted by Gasteiger charge is -2.09. The minimum atomic E-state index is -0.652. The van der Waals surface area contributed by atoms with Gasteiger partial charge in [0.1, 0.15) is 0 Å². The first-order valence-electron chi connectivity index (χ1n) is 8.31. The molecule has 1 fully saturated rings. The summed E-state index contributed by atoms with van der Waals surface area (Å²) in [5.74, 6) is 0.192. The molecule has 3 rings (SSSR count). The Bertz CT molecular complexity index is 848. The zero-order valence-corrected chi connectivity index (χ0v) is 14.3. The molecule has 2 atom stereocenters. The lowest BCUT2D eigenvalue weighted by atomic mass is 10.1. The van der Waals surface area contributed by atoms with Gasteiger partial charge in [-0.3, -0.25) is 9.59 Å². The molecule has 0 saturated heterocycles. The second-order valence-electron chi connectivity index (χ2n) is 6.41. The number of benzene rings is 2. The Balaban J connectivity index is 1.63. The summed E-state index contributed by atoms with van der Waals surface area (Å²) >= 11 is 0. The molecule has 0 aromatic heterocycles. The number of anilines is 3. The third-order valence-corrected chi connectivity index (χ3v) is 4.25. The highest BCUT2D eigenvalue weighted by atomic mass is 16.2. The molecule has 0 heterocycles. The van der Waals surface area contributed by atoms with Crippen LogP contribution in [0.25, 0.3) is 0 Å². The highest BCUT2D eigenvalue weighted by molar-refractivity contribution is 6.05. The molecule has 0 unspecified atom stereocenters. The average molecular weight is 352 g/mol. The molecular formula is C19H20N4O3. The van der Waals surface area contributed by atoms with Crippen molar-refractivity contribution in [3.63, 3.8) is 0 Å². The van der Waals surface area contributed by atoms with Crippen molar-refractivity contribution < 1.29 is 14.4 Å². The minimum Gasteiger partial charge on any atom is -0.351 e. The van der Waals surface area contributed by atoms with Crippen molar-refractivity contribution in [1.29, 1.82) is 0 Å². The summed E-state index contributed by atoms with van der Waals surface area (Å²) in [5, 5.41) is 8.06. The van der Waals surface area contributed by atoms with Crippen LogP contribution in [0.4, 0.5) is 21.9 Å². The normalized spacial score (nSPS) is 17.9. The predicted octanol–water partition coefficient (Wildman–Crippen LogP) is 3.02. The summed E-state index contributed by atoms with van der Waals surface area (Å²) in [6.45, 7) is 2.04. The molecule has 2 aromatic rings. The fourth-order valence-corrected chi connectivity index (χ4v) is 2.64. The number of carbonyl (C=O) groups is 3. The molecule has 0 spiro atoms. The van der Waals surface area contributed by atoms with E-state index in [0.717, 1.165) is 6.42 Å². The first kappa shape index (κ1) is 17.5. The maximum absolute atomic E-state index is 12.4. The average Bonchev–Trinajstić information content (AvgIpc) is 3.33. The van der Waals surface area contributed by atoms with Gasteiger partial charge in [0.15, 0.2) is 0 Å². The lowest BCUT2D eigenvalue weighted by molar-refractivity contribution is -0.117. The van der Waals surface area contributed by atoms with Gasteiger partial charge in [-0.05, 0) is 54.8 Å². The van der Waals surface area contributed by atoms with Crippen molar-refractivity contribution in [2.24, 2.45) is 17.6 Å². The van der Waals surface area contributed by atoms with E-state index >= 15 is 0 Å². The van der Waals surface area contributed by atoms with E-state index in [4.69, 9.17) is 5.73 Å². The smallest absolute Gasteiger partial charge is 0.316 e. The molecule has 26 heavy (non-hydrogen) atoms. The summed E-state index contributed by atoms with van der Waals surface area (Å²) in [5.41, 5.74) is 7.20. The van der Waals surface area contributed by atoms with Gasteiger partial charge in [0.05, 0.1) is 0 Å². The van der Waals surface area contributed by atoms with Crippen LogP contribution >= 0.6 is 0 Å². The molecule has 0 aliphatic heterocycles. The van der Waals surface area contributed by atoms with Gasteiger partial charge >= 0.3 is 6.03 Å². The van der Waals surface area contributed by atoms with E-state index in [1.807, 2.05) is 6.92 Å². The van der Waals surface area contributed by atoms with Crippen LogP contribution in [0.3, 0.4) is 0 Å². The first-order valence-corrected chi connectivity index (χ1v) is 8.31. The molecule has 2 aromatic carbocycles. The largest absolute Gasteiger partial charge is 0.351 e. The van der Waals surface area contributed by atoms with E-state index in [-0.39, 0.29) is 17.7 Å². The Morgan fingerprint density at radius 3 is 2.12 bits per heavy atom. The van der Waals surface area contributed by atoms with Gasteiger partial charge in [0.2, 0.25) is 5.91 Å². The zero-order chi connectivity index (χ0) is 18.7. The van der Waals surface area contributed by atoms with Gasteiger partial charge in [-0.15, -0.1) is 0 Å². The third kappa shape index (κ3) is 4.38. The van der Waals surface area contributed by atoms with Gasteiger partial charge in [-0.1, -0.05) is 13.0 Å². The molecule has 0 radical (unpaired) electrons. The Morgan fingerprint density at radius 2 is 1.54 bits per heavy atom. The van der Waals surface area contributed by atoms with Crippen molar-refractivity contribution in [3.05, 3.63) is 54.1 Å². The molecule has 1 aliphatic rings. The van der Waals surface area contributed by atoms with E-state index in [1.165, 1.54) is 0 Å². The zero-order valence-electron chi connectivity index (χ0n) is 14.3. The van der Waals surface area contributed by atoms with E-state index in [2.05, 4.69) is 16.0 Å². The van der Waals surface area contributed by atoms with E-state index in [9.17, 15) is 14.4 Å². The summed E-state index contributed by atoms with van der Waals surface area (Å²) in [7, 11) is 0. The number of nitrogens with one attached hydrogen (secondary N) is 3. The number of amides is 4. The van der Waals surface area contributed by atoms with Crippen molar-refractivity contribution in [1.82, 2.24) is 0 Å². The van der Waals surface area contributed by atoms with Crippen LogP contribution in [0.15, 0.2) is 48.5 Å². The number of nitrogens with two attached hydrogens (primary N) is 1. The maximum Gasteiger partial charge on any atom is 0.316 e. The molecule has 0 bridgehead atoms. The molecule has 134 valence electrons. The van der Waals surface area contributed by atoms with Crippen LogP contribution in [0.1, 0.15) is 23.7 Å². The van der Waals surface area contributed by atoms with Gasteiger partial charge in [-0.25, -0.2) is 4.79 Å². The number of hydrogen-bond acceptors (Lipinski definition) is 3. The van der Waals surface area contributed by atoms with E-state index in [0.29, 0.717) is 28.5 Å². The molecule has 1 aliphatic carbocycles. The number of rotatable bonds is 5. The Kier molecular flexibility index (Phi) is 4.88. The van der Waals surface area contributed by atoms with Gasteiger partial charge in [0, 0.05) is 28.5 Å². The van der Waals surface area contributed by atoms with Crippen molar-refractivity contribution in [2.45, 2.75) is 13.3 Å². The SMILES string of the molecule is C[C@@H]1C[C@H]1C(=O)Nc1cccc(C(=O)Nc2ccc(NC(N)=O)cc2)c1. The molecule has 5 N–H and O–H groups in total. The number of hydrogen-bond donors (Lipinski definition) is 4. The highest BCUT2D eigenvalue weighted by Gasteiger charge is 2.39.